The van der Waals surface area contributed by atoms with Gasteiger partial charge in [-0.3, -0.25) is 9.59 Å². The van der Waals surface area contributed by atoms with Gasteiger partial charge in [0.05, 0.1) is 25.3 Å². The van der Waals surface area contributed by atoms with Crippen molar-refractivity contribution in [2.24, 2.45) is 0 Å². The number of amides is 1. The molecular formula is C29H26N2O5. The number of fused-ring (bicyclic) bond motifs is 1. The molecule has 3 aromatic carbocycles. The van der Waals surface area contributed by atoms with Gasteiger partial charge >= 0.3 is 0 Å². The molecule has 5 rings (SSSR count). The molecule has 2 N–H and O–H groups in total. The quantitative estimate of drug-likeness (QED) is 0.215. The van der Waals surface area contributed by atoms with Gasteiger partial charge in [0.25, 0.3) is 11.7 Å². The molecule has 1 amide bonds. The van der Waals surface area contributed by atoms with E-state index >= 15 is 0 Å². The third kappa shape index (κ3) is 4.09. The lowest BCUT2D eigenvalue weighted by Gasteiger charge is -2.26. The summed E-state index contributed by atoms with van der Waals surface area (Å²) >= 11 is 0. The van der Waals surface area contributed by atoms with Gasteiger partial charge in [0.2, 0.25) is 0 Å². The summed E-state index contributed by atoms with van der Waals surface area (Å²) in [4.78, 5) is 31.4. The van der Waals surface area contributed by atoms with E-state index in [1.54, 1.807) is 13.3 Å². The van der Waals surface area contributed by atoms with Gasteiger partial charge < -0.3 is 24.5 Å². The van der Waals surface area contributed by atoms with E-state index < -0.39 is 17.7 Å². The van der Waals surface area contributed by atoms with E-state index in [0.717, 1.165) is 16.5 Å². The lowest BCUT2D eigenvalue weighted by molar-refractivity contribution is -0.140. The van der Waals surface area contributed by atoms with Crippen molar-refractivity contribution < 1.29 is 24.2 Å². The molecule has 2 heterocycles. The number of para-hydroxylation sites is 1. The number of rotatable bonds is 7. The van der Waals surface area contributed by atoms with Crippen LogP contribution in [0, 0.1) is 0 Å². The first-order chi connectivity index (χ1) is 17.5. The van der Waals surface area contributed by atoms with Crippen LogP contribution in [0.5, 0.6) is 11.5 Å². The maximum atomic E-state index is 13.4. The number of carbonyl (C=O) groups excluding carboxylic acids is 2. The number of ether oxygens (including phenoxy) is 2. The van der Waals surface area contributed by atoms with E-state index in [2.05, 4.69) is 4.98 Å². The van der Waals surface area contributed by atoms with Crippen LogP contribution in [0.15, 0.2) is 84.6 Å². The largest absolute Gasteiger partial charge is 0.507 e. The van der Waals surface area contributed by atoms with Crippen LogP contribution >= 0.6 is 0 Å². The summed E-state index contributed by atoms with van der Waals surface area (Å²) in [7, 11) is 1.59. The number of hydrogen-bond acceptors (Lipinski definition) is 5. The molecule has 36 heavy (non-hydrogen) atoms. The monoisotopic (exact) mass is 482 g/mol. The minimum Gasteiger partial charge on any atom is -0.507 e. The van der Waals surface area contributed by atoms with Crippen molar-refractivity contribution in [2.45, 2.75) is 19.5 Å². The van der Waals surface area contributed by atoms with Gasteiger partial charge in [-0.05, 0) is 48.4 Å². The van der Waals surface area contributed by atoms with Crippen LogP contribution in [0.25, 0.3) is 16.7 Å². The Morgan fingerprint density at radius 3 is 2.53 bits per heavy atom. The fourth-order valence-electron chi connectivity index (χ4n) is 4.67. The molecule has 1 aliphatic heterocycles. The van der Waals surface area contributed by atoms with E-state index in [0.29, 0.717) is 29.2 Å². The zero-order chi connectivity index (χ0) is 25.2. The highest BCUT2D eigenvalue weighted by atomic mass is 16.5. The summed E-state index contributed by atoms with van der Waals surface area (Å²) in [6.45, 7) is 2.55. The first-order valence-corrected chi connectivity index (χ1v) is 11.7. The number of aliphatic hydroxyl groups is 1. The Labute approximate surface area is 208 Å². The van der Waals surface area contributed by atoms with Gasteiger partial charge in [0.15, 0.2) is 0 Å². The highest BCUT2D eigenvalue weighted by Crippen LogP contribution is 2.42. The third-order valence-corrected chi connectivity index (χ3v) is 6.38. The molecule has 1 atom stereocenters. The van der Waals surface area contributed by atoms with Crippen LogP contribution in [0.4, 0.5) is 0 Å². The predicted octanol–water partition coefficient (Wildman–Crippen LogP) is 5.20. The SMILES string of the molecule is CCOc1cccc(C2/C(=C(/O)c3c[nH]c4ccccc34)C(=O)C(=O)N2Cc2ccc(OC)cc2)c1. The van der Waals surface area contributed by atoms with Crippen molar-refractivity contribution in [2.75, 3.05) is 13.7 Å². The summed E-state index contributed by atoms with van der Waals surface area (Å²) in [5.74, 6) is -0.287. The Balaban J connectivity index is 1.65. The number of aromatic nitrogens is 1. The average Bonchev–Trinajstić information content (AvgIpc) is 3.44. The molecule has 7 nitrogen and oxygen atoms in total. The molecule has 0 bridgehead atoms. The molecule has 182 valence electrons. The van der Waals surface area contributed by atoms with Crippen molar-refractivity contribution in [3.8, 4) is 11.5 Å². The molecule has 1 aromatic heterocycles. The Morgan fingerprint density at radius 2 is 1.78 bits per heavy atom. The number of methoxy groups -OCH3 is 1. The molecule has 1 unspecified atom stereocenters. The van der Waals surface area contributed by atoms with E-state index in [4.69, 9.17) is 9.47 Å². The normalized spacial score (nSPS) is 17.1. The number of nitrogens with zero attached hydrogens (tertiary/aromatic N) is 1. The van der Waals surface area contributed by atoms with Crippen molar-refractivity contribution in [1.29, 1.82) is 0 Å². The van der Waals surface area contributed by atoms with Crippen LogP contribution in [-0.4, -0.2) is 40.4 Å². The van der Waals surface area contributed by atoms with E-state index in [1.807, 2.05) is 79.7 Å². The molecule has 0 radical (unpaired) electrons. The topological polar surface area (TPSA) is 91.9 Å². The highest BCUT2D eigenvalue weighted by molar-refractivity contribution is 6.46. The van der Waals surface area contributed by atoms with Crippen molar-refractivity contribution in [1.82, 2.24) is 9.88 Å². The first kappa shape index (κ1) is 23.2. The van der Waals surface area contributed by atoms with Crippen molar-refractivity contribution in [3.05, 3.63) is 101 Å². The fraction of sp³-hybridized carbons (Fsp3) is 0.172. The number of aromatic amines is 1. The molecule has 0 spiro atoms. The molecule has 1 aliphatic rings. The minimum atomic E-state index is -0.791. The van der Waals surface area contributed by atoms with Gasteiger partial charge in [-0.25, -0.2) is 0 Å². The van der Waals surface area contributed by atoms with Gasteiger partial charge in [-0.1, -0.05) is 42.5 Å². The molecule has 7 heteroatoms. The minimum absolute atomic E-state index is 0.0481. The van der Waals surface area contributed by atoms with Crippen LogP contribution < -0.4 is 9.47 Å². The predicted molar refractivity (Wildman–Crippen MR) is 137 cm³/mol. The van der Waals surface area contributed by atoms with E-state index in [9.17, 15) is 14.7 Å². The van der Waals surface area contributed by atoms with Crippen LogP contribution in [0.2, 0.25) is 0 Å². The zero-order valence-electron chi connectivity index (χ0n) is 20.0. The van der Waals surface area contributed by atoms with E-state index in [1.165, 1.54) is 4.90 Å². The second kappa shape index (κ2) is 9.62. The van der Waals surface area contributed by atoms with Crippen molar-refractivity contribution in [3.63, 3.8) is 0 Å². The third-order valence-electron chi connectivity index (χ3n) is 6.38. The standard InChI is InChI=1S/C29H26N2O5/c1-3-36-21-8-6-7-19(15-21)26-25(27(32)23-16-30-24-10-5-4-9-22(23)24)28(33)29(34)31(26)17-18-11-13-20(35-2)14-12-18/h4-16,26,30,32H,3,17H2,1-2H3/b27-25-. The number of H-pyrrole nitrogens is 1. The summed E-state index contributed by atoms with van der Waals surface area (Å²) in [5.41, 5.74) is 2.85. The lowest BCUT2D eigenvalue weighted by atomic mass is 9.95. The number of nitrogens with one attached hydrogen (secondary N) is 1. The average molecular weight is 483 g/mol. The number of hydrogen-bond donors (Lipinski definition) is 2. The Bertz CT molecular complexity index is 1470. The number of aliphatic hydroxyl groups excluding tert-OH is 1. The number of Topliss-reactive ketones (excluding diaryl/α,β-unsaturated/α-hetero) is 1. The maximum absolute atomic E-state index is 13.4. The Morgan fingerprint density at radius 1 is 1.00 bits per heavy atom. The number of benzene rings is 3. The molecule has 1 saturated heterocycles. The molecule has 4 aromatic rings. The molecule has 0 aliphatic carbocycles. The van der Waals surface area contributed by atoms with Gasteiger partial charge in [-0.15, -0.1) is 0 Å². The summed E-state index contributed by atoms with van der Waals surface area (Å²) in [5, 5.41) is 12.2. The molecule has 0 saturated carbocycles. The van der Waals surface area contributed by atoms with Gasteiger partial charge in [0.1, 0.15) is 17.3 Å². The second-order valence-corrected chi connectivity index (χ2v) is 8.53. The van der Waals surface area contributed by atoms with Crippen LogP contribution in [0.3, 0.4) is 0 Å². The zero-order valence-corrected chi connectivity index (χ0v) is 20.0. The number of likely N-dealkylation sites (tertiary alicyclic amines) is 1. The number of carbonyl (C=O) groups is 2. The van der Waals surface area contributed by atoms with Crippen molar-refractivity contribution >= 4 is 28.4 Å². The van der Waals surface area contributed by atoms with Crippen LogP contribution in [0.1, 0.15) is 29.7 Å². The highest BCUT2D eigenvalue weighted by Gasteiger charge is 2.46. The smallest absolute Gasteiger partial charge is 0.295 e. The second-order valence-electron chi connectivity index (χ2n) is 8.53. The summed E-state index contributed by atoms with van der Waals surface area (Å²) in [6, 6.07) is 21.3. The maximum Gasteiger partial charge on any atom is 0.295 e. The van der Waals surface area contributed by atoms with Gasteiger partial charge in [-0.2, -0.15) is 0 Å². The molecule has 1 fully saturated rings. The Hall–Kier alpha value is -4.52. The molecular weight excluding hydrogens is 456 g/mol. The van der Waals surface area contributed by atoms with E-state index in [-0.39, 0.29) is 17.9 Å². The lowest BCUT2D eigenvalue weighted by Crippen LogP contribution is -2.29. The number of ketones is 1. The Kier molecular flexibility index (Phi) is 6.21. The fourth-order valence-corrected chi connectivity index (χ4v) is 4.67. The summed E-state index contributed by atoms with van der Waals surface area (Å²) in [6.07, 6.45) is 1.66. The van der Waals surface area contributed by atoms with Gasteiger partial charge in [0, 0.05) is 29.2 Å². The van der Waals surface area contributed by atoms with Crippen LogP contribution in [-0.2, 0) is 16.1 Å². The summed E-state index contributed by atoms with van der Waals surface area (Å²) < 4.78 is 10.9. The first-order valence-electron chi connectivity index (χ1n) is 11.7.